The van der Waals surface area contributed by atoms with Crippen LogP contribution in [0.1, 0.15) is 11.1 Å². The highest BCUT2D eigenvalue weighted by Crippen LogP contribution is 2.27. The van der Waals surface area contributed by atoms with Crippen LogP contribution in [0.3, 0.4) is 0 Å². The lowest BCUT2D eigenvalue weighted by atomic mass is 10.1. The summed E-state index contributed by atoms with van der Waals surface area (Å²) in [4.78, 5) is 11.0. The molecule has 4 nitrogen and oxygen atoms in total. The first kappa shape index (κ1) is 11.4. The Morgan fingerprint density at radius 1 is 1.47 bits per heavy atom. The van der Waals surface area contributed by atoms with E-state index >= 15 is 0 Å². The first-order valence-electron chi connectivity index (χ1n) is 4.74. The molecule has 0 saturated carbocycles. The number of anilines is 1. The zero-order chi connectivity index (χ0) is 11.4. The summed E-state index contributed by atoms with van der Waals surface area (Å²) in [6.45, 7) is 3.86. The summed E-state index contributed by atoms with van der Waals surface area (Å²) in [6.07, 6.45) is 0. The molecule has 0 radical (unpaired) electrons. The first-order chi connectivity index (χ1) is 7.04. The molecule has 0 aliphatic carbocycles. The molecule has 0 heterocycles. The molecule has 0 spiro atoms. The van der Waals surface area contributed by atoms with Crippen molar-refractivity contribution in [2.75, 3.05) is 19.4 Å². The van der Waals surface area contributed by atoms with Gasteiger partial charge in [-0.2, -0.15) is 0 Å². The molecule has 0 aliphatic heterocycles. The van der Waals surface area contributed by atoms with Crippen LogP contribution in [0.2, 0.25) is 0 Å². The molecule has 4 heteroatoms. The molecular weight excluding hydrogens is 192 g/mol. The van der Waals surface area contributed by atoms with E-state index in [1.54, 1.807) is 7.05 Å². The van der Waals surface area contributed by atoms with Crippen LogP contribution < -0.4 is 15.8 Å². The number of aryl methyl sites for hydroxylation is 2. The van der Waals surface area contributed by atoms with Crippen molar-refractivity contribution in [3.05, 3.63) is 23.3 Å². The third-order valence-electron chi connectivity index (χ3n) is 2.07. The second-order valence-corrected chi connectivity index (χ2v) is 3.46. The summed E-state index contributed by atoms with van der Waals surface area (Å²) in [7, 11) is 1.57. The molecule has 0 aliphatic rings. The summed E-state index contributed by atoms with van der Waals surface area (Å²) in [5.41, 5.74) is 8.38. The number of nitrogen functional groups attached to an aromatic ring is 1. The maximum Gasteiger partial charge on any atom is 0.257 e. The number of rotatable bonds is 3. The van der Waals surface area contributed by atoms with Gasteiger partial charge in [0.15, 0.2) is 6.61 Å². The summed E-state index contributed by atoms with van der Waals surface area (Å²) in [5.74, 6) is 0.415. The van der Waals surface area contributed by atoms with Crippen molar-refractivity contribution in [1.82, 2.24) is 5.32 Å². The van der Waals surface area contributed by atoms with Gasteiger partial charge in [0.25, 0.3) is 5.91 Å². The van der Waals surface area contributed by atoms with E-state index in [1.165, 1.54) is 0 Å². The smallest absolute Gasteiger partial charge is 0.257 e. The number of benzene rings is 1. The molecule has 82 valence electrons. The van der Waals surface area contributed by atoms with Gasteiger partial charge >= 0.3 is 0 Å². The van der Waals surface area contributed by atoms with Gasteiger partial charge in [0.2, 0.25) is 0 Å². The maximum atomic E-state index is 11.0. The standard InChI is InChI=1S/C11H16N2O2/c1-7-4-8(2)11(9(12)5-7)15-6-10(14)13-3/h4-5H,6,12H2,1-3H3,(H,13,14). The van der Waals surface area contributed by atoms with E-state index in [-0.39, 0.29) is 12.5 Å². The minimum absolute atomic E-state index is 0.00932. The Balaban J connectivity index is 2.81. The lowest BCUT2D eigenvalue weighted by Crippen LogP contribution is -2.25. The third kappa shape index (κ3) is 2.87. The van der Waals surface area contributed by atoms with Crippen molar-refractivity contribution in [3.63, 3.8) is 0 Å². The first-order valence-corrected chi connectivity index (χ1v) is 4.74. The van der Waals surface area contributed by atoms with Gasteiger partial charge in [-0.05, 0) is 31.0 Å². The number of hydrogen-bond acceptors (Lipinski definition) is 3. The molecule has 0 atom stereocenters. The van der Waals surface area contributed by atoms with Crippen molar-refractivity contribution in [1.29, 1.82) is 0 Å². The molecule has 0 bridgehead atoms. The topological polar surface area (TPSA) is 64.3 Å². The second-order valence-electron chi connectivity index (χ2n) is 3.46. The van der Waals surface area contributed by atoms with Crippen LogP contribution in [0.5, 0.6) is 5.75 Å². The molecule has 3 N–H and O–H groups in total. The fourth-order valence-electron chi connectivity index (χ4n) is 1.39. The van der Waals surface area contributed by atoms with Crippen molar-refractivity contribution < 1.29 is 9.53 Å². The molecule has 1 aromatic rings. The lowest BCUT2D eigenvalue weighted by molar-refractivity contribution is -0.122. The van der Waals surface area contributed by atoms with E-state index in [0.29, 0.717) is 11.4 Å². The fourth-order valence-corrected chi connectivity index (χ4v) is 1.39. The van der Waals surface area contributed by atoms with E-state index in [2.05, 4.69) is 5.32 Å². The SMILES string of the molecule is CNC(=O)COc1c(C)cc(C)cc1N. The summed E-state index contributed by atoms with van der Waals surface area (Å²) in [6, 6.07) is 3.79. The predicted octanol–water partition coefficient (Wildman–Crippen LogP) is 1.01. The van der Waals surface area contributed by atoms with Gasteiger partial charge in [-0.3, -0.25) is 4.79 Å². The van der Waals surface area contributed by atoms with E-state index in [0.717, 1.165) is 11.1 Å². The van der Waals surface area contributed by atoms with Crippen LogP contribution in [0.25, 0.3) is 0 Å². The number of amides is 1. The largest absolute Gasteiger partial charge is 0.481 e. The molecule has 0 aromatic heterocycles. The minimum Gasteiger partial charge on any atom is -0.481 e. The van der Waals surface area contributed by atoms with Crippen LogP contribution in [-0.2, 0) is 4.79 Å². The number of ether oxygens (including phenoxy) is 1. The number of nitrogens with two attached hydrogens (primary N) is 1. The zero-order valence-electron chi connectivity index (χ0n) is 9.26. The third-order valence-corrected chi connectivity index (χ3v) is 2.07. The van der Waals surface area contributed by atoms with E-state index in [4.69, 9.17) is 10.5 Å². The van der Waals surface area contributed by atoms with Gasteiger partial charge in [-0.1, -0.05) is 6.07 Å². The Labute approximate surface area is 89.4 Å². The highest BCUT2D eigenvalue weighted by molar-refractivity contribution is 5.77. The number of carbonyl (C=O) groups is 1. The Hall–Kier alpha value is -1.71. The molecule has 1 aromatic carbocycles. The van der Waals surface area contributed by atoms with E-state index in [9.17, 15) is 4.79 Å². The summed E-state index contributed by atoms with van der Waals surface area (Å²) >= 11 is 0. The normalized spacial score (nSPS) is 9.80. The summed E-state index contributed by atoms with van der Waals surface area (Å²) < 4.78 is 5.34. The Kier molecular flexibility index (Phi) is 3.55. The Morgan fingerprint density at radius 2 is 2.13 bits per heavy atom. The minimum atomic E-state index is -0.172. The van der Waals surface area contributed by atoms with E-state index < -0.39 is 0 Å². The van der Waals surface area contributed by atoms with Gasteiger partial charge in [0.05, 0.1) is 5.69 Å². The zero-order valence-corrected chi connectivity index (χ0v) is 9.26. The molecule has 15 heavy (non-hydrogen) atoms. The average Bonchev–Trinajstić information content (AvgIpc) is 2.15. The predicted molar refractivity (Wildman–Crippen MR) is 59.9 cm³/mol. The molecule has 0 fully saturated rings. The average molecular weight is 208 g/mol. The van der Waals surface area contributed by atoms with Crippen LogP contribution in [0.4, 0.5) is 5.69 Å². The number of nitrogens with one attached hydrogen (secondary N) is 1. The van der Waals surface area contributed by atoms with Gasteiger partial charge in [0.1, 0.15) is 5.75 Å². The lowest BCUT2D eigenvalue weighted by Gasteiger charge is -2.11. The van der Waals surface area contributed by atoms with Gasteiger partial charge in [-0.25, -0.2) is 0 Å². The Bertz CT molecular complexity index is 352. The van der Waals surface area contributed by atoms with Crippen molar-refractivity contribution in [2.45, 2.75) is 13.8 Å². The van der Waals surface area contributed by atoms with Crippen molar-refractivity contribution in [2.24, 2.45) is 0 Å². The van der Waals surface area contributed by atoms with Crippen LogP contribution in [0, 0.1) is 13.8 Å². The molecule has 1 rings (SSSR count). The monoisotopic (exact) mass is 208 g/mol. The highest BCUT2D eigenvalue weighted by atomic mass is 16.5. The fraction of sp³-hybridized carbons (Fsp3) is 0.364. The van der Waals surface area contributed by atoms with Crippen LogP contribution in [-0.4, -0.2) is 19.6 Å². The highest BCUT2D eigenvalue weighted by Gasteiger charge is 2.07. The van der Waals surface area contributed by atoms with Gasteiger partial charge in [-0.15, -0.1) is 0 Å². The van der Waals surface area contributed by atoms with Crippen molar-refractivity contribution in [3.8, 4) is 5.75 Å². The molecule has 0 unspecified atom stereocenters. The molecule has 0 saturated heterocycles. The number of hydrogen-bond donors (Lipinski definition) is 2. The molecular formula is C11H16N2O2. The quantitative estimate of drug-likeness (QED) is 0.729. The van der Waals surface area contributed by atoms with E-state index in [1.807, 2.05) is 26.0 Å². The van der Waals surface area contributed by atoms with Crippen LogP contribution >= 0.6 is 0 Å². The molecule has 1 amide bonds. The number of likely N-dealkylation sites (N-methyl/N-ethyl adjacent to an activating group) is 1. The maximum absolute atomic E-state index is 11.0. The second kappa shape index (κ2) is 4.68. The van der Waals surface area contributed by atoms with Gasteiger partial charge < -0.3 is 15.8 Å². The number of carbonyl (C=O) groups excluding carboxylic acids is 1. The van der Waals surface area contributed by atoms with Crippen molar-refractivity contribution >= 4 is 11.6 Å². The van der Waals surface area contributed by atoms with Gasteiger partial charge in [0, 0.05) is 7.05 Å². The van der Waals surface area contributed by atoms with Crippen LogP contribution in [0.15, 0.2) is 12.1 Å². The Morgan fingerprint density at radius 3 is 2.67 bits per heavy atom. The summed E-state index contributed by atoms with van der Waals surface area (Å²) in [5, 5.41) is 2.48.